The maximum atomic E-state index is 13.2. The number of benzene rings is 2. The van der Waals surface area contributed by atoms with Crippen molar-refractivity contribution in [2.75, 3.05) is 48.9 Å². The van der Waals surface area contributed by atoms with Crippen molar-refractivity contribution in [1.82, 2.24) is 10.2 Å². The van der Waals surface area contributed by atoms with Crippen LogP contribution in [0, 0.1) is 6.92 Å². The van der Waals surface area contributed by atoms with Gasteiger partial charge in [-0.3, -0.25) is 9.52 Å². The molecular weight excluding hydrogens is 424 g/mol. The minimum Gasteiger partial charge on any atom is -0.367 e. The molecule has 0 bridgehead atoms. The first-order chi connectivity index (χ1) is 15.4. The number of hydrogen-bond acceptors (Lipinski definition) is 5. The highest BCUT2D eigenvalue weighted by Gasteiger charge is 2.23. The molecule has 1 aliphatic heterocycles. The minimum atomic E-state index is -3.84. The molecule has 1 aliphatic rings. The number of nitrogens with one attached hydrogen (secondary N) is 2. The van der Waals surface area contributed by atoms with Gasteiger partial charge < -0.3 is 15.1 Å². The molecule has 2 aromatic carbocycles. The second-order valence-corrected chi connectivity index (χ2v) is 9.28. The SMILES string of the molecule is C=CCN(CC=C)C(=O)c1ccc(N2CCNCC2)c(NS(=O)(=O)c2ccccc2C)c1. The number of nitrogens with zero attached hydrogens (tertiary/aromatic N) is 2. The Hall–Kier alpha value is -3.10. The number of piperazine rings is 1. The summed E-state index contributed by atoms with van der Waals surface area (Å²) in [6.45, 7) is 13.0. The summed E-state index contributed by atoms with van der Waals surface area (Å²) in [5, 5.41) is 3.30. The number of hydrogen-bond donors (Lipinski definition) is 2. The van der Waals surface area contributed by atoms with Gasteiger partial charge in [0.25, 0.3) is 15.9 Å². The summed E-state index contributed by atoms with van der Waals surface area (Å²) < 4.78 is 29.2. The van der Waals surface area contributed by atoms with Gasteiger partial charge in [-0.2, -0.15) is 0 Å². The van der Waals surface area contributed by atoms with Crippen LogP contribution in [0.3, 0.4) is 0 Å². The van der Waals surface area contributed by atoms with Crippen molar-refractivity contribution in [3.63, 3.8) is 0 Å². The van der Waals surface area contributed by atoms with E-state index in [1.54, 1.807) is 60.4 Å². The summed E-state index contributed by atoms with van der Waals surface area (Å²) in [6, 6.07) is 12.0. The molecule has 0 aromatic heterocycles. The van der Waals surface area contributed by atoms with Crippen LogP contribution in [-0.2, 0) is 10.0 Å². The van der Waals surface area contributed by atoms with Gasteiger partial charge in [-0.15, -0.1) is 13.2 Å². The van der Waals surface area contributed by atoms with Gasteiger partial charge in [-0.1, -0.05) is 30.4 Å². The lowest BCUT2D eigenvalue weighted by molar-refractivity contribution is 0.0791. The van der Waals surface area contributed by atoms with Crippen molar-refractivity contribution in [3.05, 3.63) is 78.9 Å². The second-order valence-electron chi connectivity index (χ2n) is 7.63. The minimum absolute atomic E-state index is 0.211. The molecule has 0 aliphatic carbocycles. The van der Waals surface area contributed by atoms with E-state index in [2.05, 4.69) is 28.1 Å². The molecule has 0 unspecified atom stereocenters. The van der Waals surface area contributed by atoms with Gasteiger partial charge in [0.15, 0.2) is 0 Å². The number of anilines is 2. The highest BCUT2D eigenvalue weighted by Crippen LogP contribution is 2.31. The third-order valence-corrected chi connectivity index (χ3v) is 6.84. The molecule has 1 heterocycles. The van der Waals surface area contributed by atoms with E-state index in [1.807, 2.05) is 6.07 Å². The van der Waals surface area contributed by atoms with Crippen molar-refractivity contribution in [3.8, 4) is 0 Å². The van der Waals surface area contributed by atoms with E-state index >= 15 is 0 Å². The lowest BCUT2D eigenvalue weighted by Gasteiger charge is -2.31. The lowest BCUT2D eigenvalue weighted by Crippen LogP contribution is -2.43. The Bertz CT molecular complexity index is 1080. The van der Waals surface area contributed by atoms with Crippen molar-refractivity contribution >= 4 is 27.3 Å². The molecule has 32 heavy (non-hydrogen) atoms. The van der Waals surface area contributed by atoms with E-state index in [0.29, 0.717) is 29.9 Å². The van der Waals surface area contributed by atoms with Gasteiger partial charge in [-0.05, 0) is 36.8 Å². The highest BCUT2D eigenvalue weighted by atomic mass is 32.2. The first-order valence-corrected chi connectivity index (χ1v) is 12.0. The topological polar surface area (TPSA) is 81.8 Å². The normalized spacial score (nSPS) is 14.0. The fourth-order valence-corrected chi connectivity index (χ4v) is 5.04. The maximum absolute atomic E-state index is 13.2. The number of carbonyl (C=O) groups excluding carboxylic acids is 1. The quantitative estimate of drug-likeness (QED) is 0.569. The van der Waals surface area contributed by atoms with E-state index < -0.39 is 10.0 Å². The zero-order chi connectivity index (χ0) is 23.1. The van der Waals surface area contributed by atoms with E-state index in [1.165, 1.54) is 0 Å². The Morgan fingerprint density at radius 2 is 1.78 bits per heavy atom. The number of rotatable bonds is 9. The molecular formula is C24H30N4O3S. The third-order valence-electron chi connectivity index (χ3n) is 5.31. The first kappa shape index (κ1) is 23.6. The largest absolute Gasteiger partial charge is 0.367 e. The summed E-state index contributed by atoms with van der Waals surface area (Å²) in [5.41, 5.74) is 2.19. The predicted molar refractivity (Wildman–Crippen MR) is 130 cm³/mol. The van der Waals surface area contributed by atoms with Crippen molar-refractivity contribution in [2.24, 2.45) is 0 Å². The molecule has 1 amide bonds. The molecule has 1 fully saturated rings. The molecule has 0 atom stereocenters. The van der Waals surface area contributed by atoms with Crippen LogP contribution in [0.2, 0.25) is 0 Å². The summed E-state index contributed by atoms with van der Waals surface area (Å²) in [4.78, 5) is 17.0. The zero-order valence-electron chi connectivity index (χ0n) is 18.4. The van der Waals surface area contributed by atoms with Crippen LogP contribution in [0.15, 0.2) is 72.7 Å². The van der Waals surface area contributed by atoms with Gasteiger partial charge in [0.05, 0.1) is 16.3 Å². The average Bonchev–Trinajstić information content (AvgIpc) is 2.79. The van der Waals surface area contributed by atoms with Crippen LogP contribution < -0.4 is 14.9 Å². The van der Waals surface area contributed by atoms with E-state index in [0.717, 1.165) is 31.9 Å². The fraction of sp³-hybridized carbons (Fsp3) is 0.292. The van der Waals surface area contributed by atoms with Crippen LogP contribution in [0.5, 0.6) is 0 Å². The third kappa shape index (κ3) is 5.38. The fourth-order valence-electron chi connectivity index (χ4n) is 3.72. The summed E-state index contributed by atoms with van der Waals surface area (Å²) in [6.07, 6.45) is 3.30. The Morgan fingerprint density at radius 3 is 2.41 bits per heavy atom. The first-order valence-electron chi connectivity index (χ1n) is 10.6. The molecule has 8 heteroatoms. The highest BCUT2D eigenvalue weighted by molar-refractivity contribution is 7.92. The maximum Gasteiger partial charge on any atom is 0.262 e. The van der Waals surface area contributed by atoms with Crippen LogP contribution in [-0.4, -0.2) is 58.5 Å². The number of sulfonamides is 1. The summed E-state index contributed by atoms with van der Waals surface area (Å²) in [7, 11) is -3.84. The van der Waals surface area contributed by atoms with E-state index in [4.69, 9.17) is 0 Å². The molecule has 0 spiro atoms. The van der Waals surface area contributed by atoms with Crippen LogP contribution in [0.1, 0.15) is 15.9 Å². The summed E-state index contributed by atoms with van der Waals surface area (Å²) in [5.74, 6) is -0.215. The Morgan fingerprint density at radius 1 is 1.12 bits per heavy atom. The molecule has 0 saturated carbocycles. The standard InChI is InChI=1S/C24H30N4O3S/c1-4-14-28(15-5-2)24(29)20-10-11-22(27-16-12-25-13-17-27)21(18-20)26-32(30,31)23-9-7-6-8-19(23)3/h4-11,18,25-26H,1-2,12-17H2,3H3. The number of amides is 1. The summed E-state index contributed by atoms with van der Waals surface area (Å²) >= 11 is 0. The van der Waals surface area contributed by atoms with Crippen LogP contribution >= 0.6 is 0 Å². The molecule has 170 valence electrons. The second kappa shape index (κ2) is 10.5. The van der Waals surface area contributed by atoms with Gasteiger partial charge in [0.2, 0.25) is 0 Å². The number of carbonyl (C=O) groups is 1. The monoisotopic (exact) mass is 454 g/mol. The van der Waals surface area contributed by atoms with Crippen LogP contribution in [0.25, 0.3) is 0 Å². The van der Waals surface area contributed by atoms with Crippen molar-refractivity contribution in [2.45, 2.75) is 11.8 Å². The van der Waals surface area contributed by atoms with E-state index in [9.17, 15) is 13.2 Å². The lowest BCUT2D eigenvalue weighted by atomic mass is 10.1. The Kier molecular flexibility index (Phi) is 7.71. The average molecular weight is 455 g/mol. The number of aryl methyl sites for hydroxylation is 1. The van der Waals surface area contributed by atoms with Crippen molar-refractivity contribution < 1.29 is 13.2 Å². The molecule has 0 radical (unpaired) electrons. The van der Waals surface area contributed by atoms with Gasteiger partial charge in [0, 0.05) is 44.8 Å². The predicted octanol–water partition coefficient (Wildman–Crippen LogP) is 3.02. The van der Waals surface area contributed by atoms with Crippen LogP contribution in [0.4, 0.5) is 11.4 Å². The van der Waals surface area contributed by atoms with Gasteiger partial charge in [-0.25, -0.2) is 8.42 Å². The van der Waals surface area contributed by atoms with E-state index in [-0.39, 0.29) is 10.8 Å². The van der Waals surface area contributed by atoms with Gasteiger partial charge in [0.1, 0.15) is 0 Å². The molecule has 3 rings (SSSR count). The molecule has 7 nitrogen and oxygen atoms in total. The molecule has 2 aromatic rings. The zero-order valence-corrected chi connectivity index (χ0v) is 19.2. The smallest absolute Gasteiger partial charge is 0.262 e. The van der Waals surface area contributed by atoms with Gasteiger partial charge >= 0.3 is 0 Å². The van der Waals surface area contributed by atoms with Crippen molar-refractivity contribution in [1.29, 1.82) is 0 Å². The Labute approximate surface area is 190 Å². The molecule has 1 saturated heterocycles. The molecule has 2 N–H and O–H groups in total. The Balaban J connectivity index is 2.03.